The quantitative estimate of drug-likeness (QED) is 0.425. The monoisotopic (exact) mass is 397 g/mol. The maximum absolute atomic E-state index is 13.0. The predicted molar refractivity (Wildman–Crippen MR) is 82.7 cm³/mol. The van der Waals surface area contributed by atoms with Crippen molar-refractivity contribution >= 4 is 28.7 Å². The van der Waals surface area contributed by atoms with Crippen molar-refractivity contribution in [1.29, 1.82) is 0 Å². The molecule has 134 valence electrons. The minimum absolute atomic E-state index is 0.0317. The van der Waals surface area contributed by atoms with Crippen molar-refractivity contribution in [2.45, 2.75) is 24.2 Å². The fraction of sp³-hybridized carbons (Fsp3) is 0.286. The Balaban J connectivity index is 2.11. The lowest BCUT2D eigenvalue weighted by molar-refractivity contribution is -0.138. The zero-order chi connectivity index (χ0) is 18.4. The van der Waals surface area contributed by atoms with Gasteiger partial charge in [-0.05, 0) is 24.0 Å². The van der Waals surface area contributed by atoms with Crippen LogP contribution in [0.3, 0.4) is 0 Å². The summed E-state index contributed by atoms with van der Waals surface area (Å²) < 4.78 is 78.1. The first-order chi connectivity index (χ1) is 11.6. The summed E-state index contributed by atoms with van der Waals surface area (Å²) in [4.78, 5) is 3.81. The third-order valence-electron chi connectivity index (χ3n) is 3.14. The van der Waals surface area contributed by atoms with Gasteiger partial charge in [0, 0.05) is 11.1 Å². The van der Waals surface area contributed by atoms with Crippen molar-refractivity contribution in [1.82, 2.24) is 14.6 Å². The van der Waals surface area contributed by atoms with E-state index in [0.717, 1.165) is 28.9 Å². The highest BCUT2D eigenvalue weighted by atomic mass is 32.2. The van der Waals surface area contributed by atoms with E-state index in [1.807, 2.05) is 0 Å². The molecule has 0 saturated heterocycles. The third kappa shape index (κ3) is 3.61. The first kappa shape index (κ1) is 18.1. The number of hydrogen-bond acceptors (Lipinski definition) is 4. The van der Waals surface area contributed by atoms with Crippen LogP contribution >= 0.6 is 23.1 Å². The van der Waals surface area contributed by atoms with Crippen LogP contribution in [0.15, 0.2) is 29.3 Å². The number of alkyl halides is 6. The Hall–Kier alpha value is -1.75. The summed E-state index contributed by atoms with van der Waals surface area (Å²) in [6, 6.07) is 3.00. The van der Waals surface area contributed by atoms with Gasteiger partial charge in [-0.1, -0.05) is 6.92 Å². The van der Waals surface area contributed by atoms with Gasteiger partial charge in [-0.3, -0.25) is 0 Å². The molecule has 0 aliphatic rings. The second-order valence-corrected chi connectivity index (χ2v) is 7.25. The predicted octanol–water partition coefficient (Wildman–Crippen LogP) is 5.61. The number of pyridine rings is 1. The average Bonchev–Trinajstić information content (AvgIpc) is 3.08. The fourth-order valence-electron chi connectivity index (χ4n) is 2.08. The molecule has 0 aromatic carbocycles. The molecule has 3 rings (SSSR count). The second-order valence-electron chi connectivity index (χ2n) is 4.89. The lowest BCUT2D eigenvalue weighted by atomic mass is 10.3. The molecule has 3 nitrogen and oxygen atoms in total. The van der Waals surface area contributed by atoms with Gasteiger partial charge in [0.1, 0.15) is 4.88 Å². The number of rotatable bonds is 3. The van der Waals surface area contributed by atoms with E-state index < -0.39 is 22.8 Å². The number of thiophene rings is 1. The standard InChI is InChI=1S/C14H9F6N3S2/c1-2-24-8-5-9(14(18,19)20)25-11(8)12-21-10-4-3-7(13(15,16)17)6-23(10)22-12/h3-6H,2H2,1H3. The molecule has 0 N–H and O–H groups in total. The number of hydrogen-bond donors (Lipinski definition) is 0. The van der Waals surface area contributed by atoms with Crippen LogP contribution < -0.4 is 0 Å². The second kappa shape index (κ2) is 6.20. The first-order valence-corrected chi connectivity index (χ1v) is 8.67. The highest BCUT2D eigenvalue weighted by molar-refractivity contribution is 7.99. The molecular weight excluding hydrogens is 388 g/mol. The summed E-state index contributed by atoms with van der Waals surface area (Å²) in [6.45, 7) is 1.78. The van der Waals surface area contributed by atoms with E-state index >= 15 is 0 Å². The Labute approximate surface area is 145 Å². The highest BCUT2D eigenvalue weighted by Crippen LogP contribution is 2.44. The van der Waals surface area contributed by atoms with E-state index in [1.165, 1.54) is 11.8 Å². The number of thioether (sulfide) groups is 1. The molecule has 3 aromatic heterocycles. The maximum Gasteiger partial charge on any atom is 0.425 e. The minimum atomic E-state index is -4.55. The smallest absolute Gasteiger partial charge is 0.220 e. The van der Waals surface area contributed by atoms with Crippen LogP contribution in [0, 0.1) is 0 Å². The van der Waals surface area contributed by atoms with E-state index in [4.69, 9.17) is 0 Å². The van der Waals surface area contributed by atoms with Crippen LogP contribution in [0.2, 0.25) is 0 Å². The van der Waals surface area contributed by atoms with Crippen LogP contribution in [0.5, 0.6) is 0 Å². The molecule has 0 radical (unpaired) electrons. The van der Waals surface area contributed by atoms with Gasteiger partial charge in [0.05, 0.1) is 10.4 Å². The Morgan fingerprint density at radius 2 is 1.84 bits per heavy atom. The molecule has 0 spiro atoms. The molecule has 3 heterocycles. The summed E-state index contributed by atoms with van der Waals surface area (Å²) in [7, 11) is 0. The molecule has 0 atom stereocenters. The van der Waals surface area contributed by atoms with Gasteiger partial charge >= 0.3 is 12.4 Å². The van der Waals surface area contributed by atoms with Crippen molar-refractivity contribution in [3.05, 3.63) is 34.8 Å². The van der Waals surface area contributed by atoms with Crippen molar-refractivity contribution < 1.29 is 26.3 Å². The van der Waals surface area contributed by atoms with Crippen molar-refractivity contribution in [2.75, 3.05) is 5.75 Å². The SMILES string of the molecule is CCSc1cc(C(F)(F)F)sc1-c1nc2ccc(C(F)(F)F)cn2n1. The normalized spacial score (nSPS) is 12.9. The Morgan fingerprint density at radius 1 is 1.12 bits per heavy atom. The van der Waals surface area contributed by atoms with Gasteiger partial charge in [0.25, 0.3) is 0 Å². The van der Waals surface area contributed by atoms with Crippen LogP contribution in [0.25, 0.3) is 16.3 Å². The molecule has 0 fully saturated rings. The molecule has 0 aliphatic carbocycles. The molecule has 3 aromatic rings. The lowest BCUT2D eigenvalue weighted by Crippen LogP contribution is -2.06. The molecule has 0 unspecified atom stereocenters. The summed E-state index contributed by atoms with van der Waals surface area (Å²) in [5.41, 5.74) is -0.792. The van der Waals surface area contributed by atoms with Gasteiger partial charge in [-0.25, -0.2) is 9.50 Å². The highest BCUT2D eigenvalue weighted by Gasteiger charge is 2.35. The summed E-state index contributed by atoms with van der Waals surface area (Å²) >= 11 is 1.67. The molecule has 0 amide bonds. The van der Waals surface area contributed by atoms with Crippen LogP contribution in [-0.4, -0.2) is 20.4 Å². The van der Waals surface area contributed by atoms with Gasteiger partial charge < -0.3 is 0 Å². The summed E-state index contributed by atoms with van der Waals surface area (Å²) in [5, 5.41) is 3.93. The number of aromatic nitrogens is 3. The van der Waals surface area contributed by atoms with Crippen molar-refractivity contribution in [2.24, 2.45) is 0 Å². The van der Waals surface area contributed by atoms with Crippen molar-refractivity contribution in [3.63, 3.8) is 0 Å². The first-order valence-electron chi connectivity index (χ1n) is 6.87. The molecule has 11 heteroatoms. The summed E-state index contributed by atoms with van der Waals surface area (Å²) in [6.07, 6.45) is -8.29. The van der Waals surface area contributed by atoms with Gasteiger partial charge in [-0.15, -0.1) is 28.2 Å². The molecule has 25 heavy (non-hydrogen) atoms. The third-order valence-corrected chi connectivity index (χ3v) is 5.37. The number of fused-ring (bicyclic) bond motifs is 1. The van der Waals surface area contributed by atoms with Crippen molar-refractivity contribution in [3.8, 4) is 10.7 Å². The fourth-order valence-corrected chi connectivity index (χ4v) is 4.04. The Morgan fingerprint density at radius 3 is 2.44 bits per heavy atom. The largest absolute Gasteiger partial charge is 0.425 e. The van der Waals surface area contributed by atoms with E-state index in [2.05, 4.69) is 10.1 Å². The van der Waals surface area contributed by atoms with Gasteiger partial charge in [0.2, 0.25) is 0 Å². The van der Waals surface area contributed by atoms with E-state index in [-0.39, 0.29) is 16.3 Å². The van der Waals surface area contributed by atoms with E-state index in [0.29, 0.717) is 22.0 Å². The molecule has 0 aliphatic heterocycles. The lowest BCUT2D eigenvalue weighted by Gasteiger charge is -2.05. The maximum atomic E-state index is 13.0. The molecule has 0 saturated carbocycles. The minimum Gasteiger partial charge on any atom is -0.220 e. The zero-order valence-electron chi connectivity index (χ0n) is 12.4. The average molecular weight is 397 g/mol. The van der Waals surface area contributed by atoms with Gasteiger partial charge in [-0.2, -0.15) is 26.3 Å². The Kier molecular flexibility index (Phi) is 4.48. The van der Waals surface area contributed by atoms with Crippen LogP contribution in [-0.2, 0) is 12.4 Å². The number of halogens is 6. The molecule has 0 bridgehead atoms. The van der Waals surface area contributed by atoms with Crippen LogP contribution in [0.4, 0.5) is 26.3 Å². The van der Waals surface area contributed by atoms with E-state index in [1.54, 1.807) is 6.92 Å². The van der Waals surface area contributed by atoms with E-state index in [9.17, 15) is 26.3 Å². The van der Waals surface area contributed by atoms with Gasteiger partial charge in [0.15, 0.2) is 11.5 Å². The number of nitrogens with zero attached hydrogens (tertiary/aromatic N) is 3. The molecular formula is C14H9F6N3S2. The zero-order valence-corrected chi connectivity index (χ0v) is 14.1. The summed E-state index contributed by atoms with van der Waals surface area (Å²) in [5.74, 6) is 0.503. The topological polar surface area (TPSA) is 30.2 Å². The van der Waals surface area contributed by atoms with Crippen LogP contribution in [0.1, 0.15) is 17.4 Å². The Bertz CT molecular complexity index is 910.